The fourth-order valence-corrected chi connectivity index (χ4v) is 4.98. The molecule has 1 fully saturated rings. The first-order valence-corrected chi connectivity index (χ1v) is 12.2. The summed E-state index contributed by atoms with van der Waals surface area (Å²) in [5.74, 6) is -0.228. The zero-order valence-electron chi connectivity index (χ0n) is 20.5. The van der Waals surface area contributed by atoms with Crippen LogP contribution in [0.2, 0.25) is 0 Å². The Labute approximate surface area is 216 Å². The van der Waals surface area contributed by atoms with E-state index in [1.54, 1.807) is 13.0 Å². The Kier molecular flexibility index (Phi) is 6.82. The number of nitrogens with zero attached hydrogens (tertiary/aromatic N) is 3. The van der Waals surface area contributed by atoms with Crippen LogP contribution in [0.4, 0.5) is 13.2 Å². The normalized spacial score (nSPS) is 19.1. The zero-order valence-corrected chi connectivity index (χ0v) is 20.5. The molecule has 2 aliphatic rings. The summed E-state index contributed by atoms with van der Waals surface area (Å²) in [5.41, 5.74) is 9.49. The lowest BCUT2D eigenvalue weighted by Crippen LogP contribution is -2.38. The van der Waals surface area contributed by atoms with Crippen molar-refractivity contribution in [1.29, 1.82) is 0 Å². The molecular formula is C26H26F3N5O4. The predicted molar refractivity (Wildman–Crippen MR) is 128 cm³/mol. The lowest BCUT2D eigenvalue weighted by atomic mass is 9.87. The van der Waals surface area contributed by atoms with Gasteiger partial charge in [0.2, 0.25) is 17.7 Å². The molecule has 0 radical (unpaired) electrons. The molecule has 3 aromatic rings. The maximum Gasteiger partial charge on any atom is 0.573 e. The minimum absolute atomic E-state index is 0.0811. The second kappa shape index (κ2) is 10.1. The number of hydrogen-bond donors (Lipinski definition) is 2. The van der Waals surface area contributed by atoms with Crippen LogP contribution in [-0.2, 0) is 29.1 Å². The second-order valence-corrected chi connectivity index (χ2v) is 9.58. The Morgan fingerprint density at radius 2 is 2.05 bits per heavy atom. The van der Waals surface area contributed by atoms with Gasteiger partial charge in [0.05, 0.1) is 18.4 Å². The molecule has 1 aliphatic carbocycles. The van der Waals surface area contributed by atoms with E-state index in [1.165, 1.54) is 18.2 Å². The van der Waals surface area contributed by atoms with Crippen molar-refractivity contribution >= 4 is 11.8 Å². The maximum atomic E-state index is 12.8. The van der Waals surface area contributed by atoms with Crippen LogP contribution in [0.15, 0.2) is 40.9 Å². The monoisotopic (exact) mass is 529 g/mol. The number of carbonyl (C=O) groups is 2. The van der Waals surface area contributed by atoms with E-state index in [1.807, 2.05) is 17.0 Å². The van der Waals surface area contributed by atoms with Crippen molar-refractivity contribution in [3.63, 3.8) is 0 Å². The number of rotatable bonds is 8. The molecule has 38 heavy (non-hydrogen) atoms. The van der Waals surface area contributed by atoms with Gasteiger partial charge in [-0.15, -0.1) is 13.2 Å². The maximum absolute atomic E-state index is 12.8. The van der Waals surface area contributed by atoms with Crippen LogP contribution in [0.3, 0.4) is 0 Å². The first-order valence-electron chi connectivity index (χ1n) is 12.2. The lowest BCUT2D eigenvalue weighted by molar-refractivity contribution is -0.274. The Balaban J connectivity index is 1.38. The quantitative estimate of drug-likeness (QED) is 0.459. The molecule has 9 nitrogen and oxygen atoms in total. The molecular weight excluding hydrogens is 503 g/mol. The molecule has 1 saturated carbocycles. The van der Waals surface area contributed by atoms with Gasteiger partial charge in [-0.3, -0.25) is 14.5 Å². The highest BCUT2D eigenvalue weighted by Gasteiger charge is 2.47. The van der Waals surface area contributed by atoms with Crippen LogP contribution in [0.1, 0.15) is 40.7 Å². The van der Waals surface area contributed by atoms with E-state index in [2.05, 4.69) is 20.2 Å². The third kappa shape index (κ3) is 5.80. The van der Waals surface area contributed by atoms with E-state index in [4.69, 9.17) is 10.3 Å². The summed E-state index contributed by atoms with van der Waals surface area (Å²) in [5, 5.41) is 6.76. The van der Waals surface area contributed by atoms with Gasteiger partial charge >= 0.3 is 6.36 Å². The van der Waals surface area contributed by atoms with Crippen molar-refractivity contribution in [3.05, 3.63) is 64.8 Å². The summed E-state index contributed by atoms with van der Waals surface area (Å²) in [4.78, 5) is 30.5. The molecule has 2 atom stereocenters. The number of ether oxygens (including phenoxy) is 1. The highest BCUT2D eigenvalue weighted by atomic mass is 19.4. The van der Waals surface area contributed by atoms with Crippen LogP contribution in [0.5, 0.6) is 5.75 Å². The van der Waals surface area contributed by atoms with Crippen LogP contribution in [-0.4, -0.2) is 46.3 Å². The number of hydrogen-bond acceptors (Lipinski definition) is 7. The third-order valence-electron chi connectivity index (χ3n) is 6.79. The first kappa shape index (κ1) is 25.7. The van der Waals surface area contributed by atoms with E-state index in [0.29, 0.717) is 43.2 Å². The molecule has 0 bridgehead atoms. The van der Waals surface area contributed by atoms with Gasteiger partial charge in [0, 0.05) is 19.6 Å². The van der Waals surface area contributed by atoms with E-state index in [9.17, 15) is 22.8 Å². The highest BCUT2D eigenvalue weighted by molar-refractivity contribution is 5.82. The number of nitrogens with two attached hydrogens (primary N) is 1. The molecule has 1 aliphatic heterocycles. The van der Waals surface area contributed by atoms with Crippen molar-refractivity contribution in [1.82, 2.24) is 20.4 Å². The number of halogens is 3. The number of benzene rings is 2. The Bertz CT molecular complexity index is 1370. The van der Waals surface area contributed by atoms with Crippen molar-refractivity contribution in [3.8, 4) is 16.9 Å². The van der Waals surface area contributed by atoms with Gasteiger partial charge in [0.15, 0.2) is 5.82 Å². The number of fused-ring (bicyclic) bond motifs is 1. The Hall–Kier alpha value is -3.93. The van der Waals surface area contributed by atoms with Crippen molar-refractivity contribution in [2.45, 2.75) is 45.1 Å². The van der Waals surface area contributed by atoms with Crippen molar-refractivity contribution in [2.75, 3.05) is 13.1 Å². The van der Waals surface area contributed by atoms with Gasteiger partial charge in [0.25, 0.3) is 0 Å². The summed E-state index contributed by atoms with van der Waals surface area (Å²) in [6.07, 6.45) is -3.60. The molecule has 2 unspecified atom stereocenters. The van der Waals surface area contributed by atoms with Crippen LogP contribution in [0, 0.1) is 12.8 Å². The summed E-state index contributed by atoms with van der Waals surface area (Å²) in [7, 11) is 0. The van der Waals surface area contributed by atoms with Crippen LogP contribution in [0.25, 0.3) is 11.1 Å². The second-order valence-electron chi connectivity index (χ2n) is 9.58. The van der Waals surface area contributed by atoms with Gasteiger partial charge in [-0.25, -0.2) is 0 Å². The molecule has 0 saturated heterocycles. The fourth-order valence-electron chi connectivity index (χ4n) is 4.98. The number of carbonyl (C=O) groups excluding carboxylic acids is 2. The van der Waals surface area contributed by atoms with E-state index >= 15 is 0 Å². The Morgan fingerprint density at radius 1 is 1.24 bits per heavy atom. The van der Waals surface area contributed by atoms with Crippen molar-refractivity contribution in [2.24, 2.45) is 11.7 Å². The Morgan fingerprint density at radius 3 is 2.76 bits per heavy atom. The molecule has 200 valence electrons. The average Bonchev–Trinajstić information content (AvgIpc) is 3.54. The number of primary amides is 1. The predicted octanol–water partition coefficient (Wildman–Crippen LogP) is 3.21. The van der Waals surface area contributed by atoms with Gasteiger partial charge in [-0.05, 0) is 59.7 Å². The van der Waals surface area contributed by atoms with Crippen LogP contribution >= 0.6 is 0 Å². The molecule has 2 aromatic carbocycles. The molecule has 2 heterocycles. The minimum Gasteiger partial charge on any atom is -0.406 e. The SMILES string of the molecule is Cc1noc(C2CC2C(=O)NCc2ccc(-c3cccc(OC(F)(F)F)c3)c3c2CN(CC(N)=O)CC3)n1. The molecule has 12 heteroatoms. The fraction of sp³-hybridized carbons (Fsp3) is 0.385. The number of aromatic nitrogens is 2. The average molecular weight is 530 g/mol. The molecule has 5 rings (SSSR count). The molecule has 3 N–H and O–H groups in total. The zero-order chi connectivity index (χ0) is 27.0. The van der Waals surface area contributed by atoms with Gasteiger partial charge < -0.3 is 20.3 Å². The molecule has 0 spiro atoms. The van der Waals surface area contributed by atoms with Crippen molar-refractivity contribution < 1.29 is 32.0 Å². The standard InChI is InChI=1S/C26H26F3N5O4/c1-14-32-25(38-33-14)21-10-20(21)24(36)31-11-16-5-6-18(15-3-2-4-17(9-15)37-26(27,28)29)19-7-8-34(12-22(16)19)13-23(30)35/h2-6,9,20-21H,7-8,10-13H2,1H3,(H2,30,35)(H,31,36). The van der Waals surface area contributed by atoms with Crippen LogP contribution < -0.4 is 15.8 Å². The van der Waals surface area contributed by atoms with Gasteiger partial charge in [-0.2, -0.15) is 4.98 Å². The van der Waals surface area contributed by atoms with Gasteiger partial charge in [-0.1, -0.05) is 29.4 Å². The molecule has 2 amide bonds. The molecule has 1 aromatic heterocycles. The first-order chi connectivity index (χ1) is 18.1. The highest BCUT2D eigenvalue weighted by Crippen LogP contribution is 2.47. The smallest absolute Gasteiger partial charge is 0.406 e. The lowest BCUT2D eigenvalue weighted by Gasteiger charge is -2.31. The largest absolute Gasteiger partial charge is 0.573 e. The third-order valence-corrected chi connectivity index (χ3v) is 6.79. The van der Waals surface area contributed by atoms with E-state index < -0.39 is 12.3 Å². The summed E-state index contributed by atoms with van der Waals surface area (Å²) < 4.78 is 47.6. The van der Waals surface area contributed by atoms with E-state index in [0.717, 1.165) is 22.3 Å². The topological polar surface area (TPSA) is 124 Å². The number of nitrogens with one attached hydrogen (secondary N) is 1. The van der Waals surface area contributed by atoms with Gasteiger partial charge in [0.1, 0.15) is 5.75 Å². The number of alkyl halides is 3. The summed E-state index contributed by atoms with van der Waals surface area (Å²) >= 11 is 0. The number of amides is 2. The summed E-state index contributed by atoms with van der Waals surface area (Å²) in [6, 6.07) is 9.54. The van der Waals surface area contributed by atoms with E-state index in [-0.39, 0.29) is 36.6 Å². The minimum atomic E-state index is -4.79. The number of aryl methyl sites for hydroxylation is 1. The summed E-state index contributed by atoms with van der Waals surface area (Å²) in [6.45, 7) is 3.04.